The zero-order valence-corrected chi connectivity index (χ0v) is 14.8. The van der Waals surface area contributed by atoms with Gasteiger partial charge in [-0.25, -0.2) is 4.79 Å². The second-order valence-corrected chi connectivity index (χ2v) is 5.78. The molecule has 0 aliphatic heterocycles. The van der Waals surface area contributed by atoms with Gasteiger partial charge in [0.05, 0.1) is 13.2 Å². The Morgan fingerprint density at radius 2 is 1.83 bits per heavy atom. The summed E-state index contributed by atoms with van der Waals surface area (Å²) in [4.78, 5) is 23.9. The zero-order valence-electron chi connectivity index (χ0n) is 14.8. The van der Waals surface area contributed by atoms with Crippen LogP contribution in [0.15, 0.2) is 18.2 Å². The topological polar surface area (TPSA) is 84.9 Å². The molecule has 2 N–H and O–H groups in total. The van der Waals surface area contributed by atoms with Crippen LogP contribution >= 0.6 is 0 Å². The maximum Gasteiger partial charge on any atom is 0.329 e. The molecule has 1 aromatic rings. The first-order chi connectivity index (χ1) is 11.4. The molecular weight excluding hydrogens is 310 g/mol. The highest BCUT2D eigenvalue weighted by Gasteiger charge is 2.34. The smallest absolute Gasteiger partial charge is 0.329 e. The van der Waals surface area contributed by atoms with Crippen molar-refractivity contribution in [2.75, 3.05) is 13.2 Å². The third kappa shape index (κ3) is 5.15. The van der Waals surface area contributed by atoms with Crippen LogP contribution in [0, 0.1) is 0 Å². The van der Waals surface area contributed by atoms with Gasteiger partial charge in [-0.2, -0.15) is 0 Å². The van der Waals surface area contributed by atoms with Gasteiger partial charge >= 0.3 is 5.97 Å². The van der Waals surface area contributed by atoms with E-state index in [1.54, 1.807) is 18.2 Å². The molecular formula is C18H27NO5. The fourth-order valence-electron chi connectivity index (χ4n) is 2.29. The summed E-state index contributed by atoms with van der Waals surface area (Å²) in [6.07, 6.45) is 1.86. The molecule has 0 saturated heterocycles. The van der Waals surface area contributed by atoms with Crippen molar-refractivity contribution >= 4 is 11.9 Å². The molecule has 0 saturated carbocycles. The summed E-state index contributed by atoms with van der Waals surface area (Å²) in [7, 11) is 0. The van der Waals surface area contributed by atoms with Crippen molar-refractivity contribution in [3.05, 3.63) is 23.8 Å². The van der Waals surface area contributed by atoms with Crippen LogP contribution in [-0.2, 0) is 4.79 Å². The molecule has 134 valence electrons. The van der Waals surface area contributed by atoms with Gasteiger partial charge in [0.1, 0.15) is 5.54 Å². The van der Waals surface area contributed by atoms with E-state index in [0.717, 1.165) is 6.42 Å². The van der Waals surface area contributed by atoms with E-state index in [2.05, 4.69) is 5.32 Å². The predicted octanol–water partition coefficient (Wildman–Crippen LogP) is 3.25. The van der Waals surface area contributed by atoms with Crippen molar-refractivity contribution < 1.29 is 24.2 Å². The number of hydrogen-bond acceptors (Lipinski definition) is 4. The van der Waals surface area contributed by atoms with Crippen LogP contribution in [0.25, 0.3) is 0 Å². The Morgan fingerprint density at radius 1 is 1.12 bits per heavy atom. The average Bonchev–Trinajstić information content (AvgIpc) is 2.53. The third-order valence-electron chi connectivity index (χ3n) is 3.58. The molecule has 24 heavy (non-hydrogen) atoms. The fraction of sp³-hybridized carbons (Fsp3) is 0.556. The van der Waals surface area contributed by atoms with Crippen LogP contribution in [0.1, 0.15) is 57.3 Å². The first kappa shape index (κ1) is 19.8. The van der Waals surface area contributed by atoms with E-state index in [1.165, 1.54) is 6.92 Å². The van der Waals surface area contributed by atoms with Crippen molar-refractivity contribution in [3.63, 3.8) is 0 Å². The molecule has 0 aromatic heterocycles. The fourth-order valence-corrected chi connectivity index (χ4v) is 2.29. The van der Waals surface area contributed by atoms with Crippen LogP contribution in [0.4, 0.5) is 0 Å². The second-order valence-electron chi connectivity index (χ2n) is 5.78. The number of benzene rings is 1. The molecule has 0 aliphatic carbocycles. The van der Waals surface area contributed by atoms with E-state index in [1.807, 2.05) is 20.8 Å². The van der Waals surface area contributed by atoms with Gasteiger partial charge in [-0.15, -0.1) is 0 Å². The minimum absolute atomic E-state index is 0.339. The summed E-state index contributed by atoms with van der Waals surface area (Å²) in [6, 6.07) is 4.86. The van der Waals surface area contributed by atoms with Crippen molar-refractivity contribution in [2.45, 2.75) is 52.5 Å². The van der Waals surface area contributed by atoms with E-state index < -0.39 is 17.4 Å². The van der Waals surface area contributed by atoms with E-state index in [-0.39, 0.29) is 0 Å². The molecule has 0 radical (unpaired) electrons. The van der Waals surface area contributed by atoms with Crippen LogP contribution in [0.2, 0.25) is 0 Å². The Kier molecular flexibility index (Phi) is 7.55. The number of aliphatic carboxylic acids is 1. The number of carboxylic acid groups (broad SMARTS) is 1. The van der Waals surface area contributed by atoms with Gasteiger partial charge in [0, 0.05) is 5.56 Å². The maximum absolute atomic E-state index is 12.5. The van der Waals surface area contributed by atoms with Crippen molar-refractivity contribution in [1.82, 2.24) is 5.32 Å². The van der Waals surface area contributed by atoms with E-state index in [0.29, 0.717) is 43.1 Å². The Labute approximate surface area is 143 Å². The molecule has 1 unspecified atom stereocenters. The van der Waals surface area contributed by atoms with Gasteiger partial charge < -0.3 is 19.9 Å². The molecule has 1 amide bonds. The standard InChI is InChI=1S/C18H27NO5/c1-5-10-18(4,17(21)22)19-16(20)13-8-9-14(24-11-6-2)15(12-13)23-7-3/h8-9,12H,5-7,10-11H2,1-4H3,(H,19,20)(H,21,22). The van der Waals surface area contributed by atoms with Crippen LogP contribution in [0.3, 0.4) is 0 Å². The van der Waals surface area contributed by atoms with E-state index >= 15 is 0 Å². The summed E-state index contributed by atoms with van der Waals surface area (Å²) in [5.74, 6) is -0.446. The Morgan fingerprint density at radius 3 is 2.38 bits per heavy atom. The minimum Gasteiger partial charge on any atom is -0.490 e. The summed E-state index contributed by atoms with van der Waals surface area (Å²) < 4.78 is 11.1. The molecule has 6 heteroatoms. The maximum atomic E-state index is 12.5. The Balaban J connectivity index is 3.01. The number of nitrogens with one attached hydrogen (secondary N) is 1. The second kappa shape index (κ2) is 9.15. The number of rotatable bonds is 10. The number of ether oxygens (including phenoxy) is 2. The van der Waals surface area contributed by atoms with Crippen LogP contribution in [-0.4, -0.2) is 35.7 Å². The highest BCUT2D eigenvalue weighted by molar-refractivity contribution is 5.98. The highest BCUT2D eigenvalue weighted by atomic mass is 16.5. The lowest BCUT2D eigenvalue weighted by Crippen LogP contribution is -2.52. The number of amides is 1. The van der Waals surface area contributed by atoms with Crippen molar-refractivity contribution in [2.24, 2.45) is 0 Å². The molecule has 1 rings (SSSR count). The van der Waals surface area contributed by atoms with Crippen LogP contribution in [0.5, 0.6) is 11.5 Å². The highest BCUT2D eigenvalue weighted by Crippen LogP contribution is 2.29. The van der Waals surface area contributed by atoms with E-state index in [9.17, 15) is 14.7 Å². The van der Waals surface area contributed by atoms with Gasteiger partial charge in [-0.1, -0.05) is 20.3 Å². The molecule has 1 atom stereocenters. The zero-order chi connectivity index (χ0) is 18.2. The Bertz CT molecular complexity index is 573. The number of carbonyl (C=O) groups is 2. The Hall–Kier alpha value is -2.24. The SMILES string of the molecule is CCCOc1ccc(C(=O)NC(C)(CCC)C(=O)O)cc1OCC. The van der Waals surface area contributed by atoms with E-state index in [4.69, 9.17) is 9.47 Å². The number of carbonyl (C=O) groups excluding carboxylic acids is 1. The predicted molar refractivity (Wildman–Crippen MR) is 91.8 cm³/mol. The molecule has 0 spiro atoms. The van der Waals surface area contributed by atoms with Gasteiger partial charge in [0.2, 0.25) is 0 Å². The van der Waals surface area contributed by atoms with Crippen LogP contribution < -0.4 is 14.8 Å². The summed E-state index contributed by atoms with van der Waals surface area (Å²) in [6.45, 7) is 8.23. The van der Waals surface area contributed by atoms with Crippen molar-refractivity contribution in [3.8, 4) is 11.5 Å². The first-order valence-corrected chi connectivity index (χ1v) is 8.33. The quantitative estimate of drug-likeness (QED) is 0.684. The average molecular weight is 337 g/mol. The summed E-state index contributed by atoms with van der Waals surface area (Å²) in [5.41, 5.74) is -0.958. The normalized spacial score (nSPS) is 13.0. The molecule has 0 fully saturated rings. The third-order valence-corrected chi connectivity index (χ3v) is 3.58. The molecule has 1 aromatic carbocycles. The lowest BCUT2D eigenvalue weighted by atomic mass is 9.95. The first-order valence-electron chi connectivity index (χ1n) is 8.33. The summed E-state index contributed by atoms with van der Waals surface area (Å²) in [5, 5.41) is 12.0. The van der Waals surface area contributed by atoms with Gasteiger partial charge in [-0.3, -0.25) is 4.79 Å². The van der Waals surface area contributed by atoms with Gasteiger partial charge in [0.15, 0.2) is 11.5 Å². The lowest BCUT2D eigenvalue weighted by Gasteiger charge is -2.26. The molecule has 6 nitrogen and oxygen atoms in total. The molecule has 0 bridgehead atoms. The number of carboxylic acids is 1. The molecule has 0 heterocycles. The van der Waals surface area contributed by atoms with Crippen molar-refractivity contribution in [1.29, 1.82) is 0 Å². The summed E-state index contributed by atoms with van der Waals surface area (Å²) >= 11 is 0. The largest absolute Gasteiger partial charge is 0.490 e. The molecule has 0 aliphatic rings. The van der Waals surface area contributed by atoms with Gasteiger partial charge in [0.25, 0.3) is 5.91 Å². The monoisotopic (exact) mass is 337 g/mol. The van der Waals surface area contributed by atoms with Gasteiger partial charge in [-0.05, 0) is 44.9 Å². The minimum atomic E-state index is -1.30. The number of hydrogen-bond donors (Lipinski definition) is 2. The lowest BCUT2D eigenvalue weighted by molar-refractivity contribution is -0.144.